The van der Waals surface area contributed by atoms with Gasteiger partial charge in [0.1, 0.15) is 0 Å². The summed E-state index contributed by atoms with van der Waals surface area (Å²) in [4.78, 5) is 2.42. The van der Waals surface area contributed by atoms with E-state index in [1.807, 2.05) is 17.9 Å². The van der Waals surface area contributed by atoms with E-state index in [1.165, 1.54) is 18.5 Å². The topological polar surface area (TPSA) is 33.1 Å². The first-order valence-corrected chi connectivity index (χ1v) is 5.30. The Kier molecular flexibility index (Phi) is 3.03. The quantitative estimate of drug-likeness (QED) is 0.711. The molecule has 1 aliphatic rings. The predicted molar refractivity (Wildman–Crippen MR) is 57.5 cm³/mol. The van der Waals surface area contributed by atoms with Crippen molar-refractivity contribution in [1.82, 2.24) is 15.1 Å². The van der Waals surface area contributed by atoms with E-state index in [9.17, 15) is 0 Å². The van der Waals surface area contributed by atoms with Crippen LogP contribution in [0.15, 0.2) is 12.4 Å². The van der Waals surface area contributed by atoms with Gasteiger partial charge in [0, 0.05) is 26.3 Å². The minimum Gasteiger partial charge on any atom is -0.369 e. The first kappa shape index (κ1) is 9.52. The SMILES string of the molecule is Cn1cc(N2CCCNCCC2)cn1. The molecule has 1 saturated heterocycles. The van der Waals surface area contributed by atoms with Gasteiger partial charge < -0.3 is 10.2 Å². The van der Waals surface area contributed by atoms with Gasteiger partial charge in [-0.1, -0.05) is 0 Å². The molecule has 0 amide bonds. The van der Waals surface area contributed by atoms with E-state index in [0.29, 0.717) is 0 Å². The summed E-state index contributed by atoms with van der Waals surface area (Å²) < 4.78 is 1.87. The minimum atomic E-state index is 1.14. The molecule has 0 aromatic carbocycles. The van der Waals surface area contributed by atoms with E-state index in [4.69, 9.17) is 0 Å². The molecule has 0 bridgehead atoms. The van der Waals surface area contributed by atoms with Crippen molar-refractivity contribution < 1.29 is 0 Å². The molecule has 1 fully saturated rings. The van der Waals surface area contributed by atoms with E-state index < -0.39 is 0 Å². The largest absolute Gasteiger partial charge is 0.369 e. The number of anilines is 1. The van der Waals surface area contributed by atoms with Gasteiger partial charge in [0.2, 0.25) is 0 Å². The Morgan fingerprint density at radius 3 is 2.57 bits per heavy atom. The van der Waals surface area contributed by atoms with E-state index in [1.54, 1.807) is 0 Å². The fourth-order valence-electron chi connectivity index (χ4n) is 1.86. The highest BCUT2D eigenvalue weighted by Gasteiger charge is 2.09. The zero-order valence-corrected chi connectivity index (χ0v) is 8.74. The van der Waals surface area contributed by atoms with E-state index in [-0.39, 0.29) is 0 Å². The zero-order chi connectivity index (χ0) is 9.80. The van der Waals surface area contributed by atoms with Crippen molar-refractivity contribution in [3.63, 3.8) is 0 Å². The molecule has 0 atom stereocenters. The van der Waals surface area contributed by atoms with Crippen LogP contribution in [-0.4, -0.2) is 36.0 Å². The van der Waals surface area contributed by atoms with Crippen molar-refractivity contribution in [2.75, 3.05) is 31.1 Å². The third-order valence-corrected chi connectivity index (χ3v) is 2.62. The maximum absolute atomic E-state index is 4.21. The minimum absolute atomic E-state index is 1.14. The normalized spacial score (nSPS) is 19.1. The van der Waals surface area contributed by atoms with Crippen LogP contribution in [0.25, 0.3) is 0 Å². The molecule has 4 heteroatoms. The Morgan fingerprint density at radius 2 is 2.00 bits per heavy atom. The molecule has 0 radical (unpaired) electrons. The van der Waals surface area contributed by atoms with Crippen molar-refractivity contribution in [1.29, 1.82) is 0 Å². The highest BCUT2D eigenvalue weighted by atomic mass is 15.3. The molecule has 2 rings (SSSR count). The maximum Gasteiger partial charge on any atom is 0.0752 e. The number of aryl methyl sites for hydroxylation is 1. The summed E-state index contributed by atoms with van der Waals surface area (Å²) in [5, 5.41) is 7.62. The molecule has 0 aliphatic carbocycles. The highest BCUT2D eigenvalue weighted by Crippen LogP contribution is 2.13. The fraction of sp³-hybridized carbons (Fsp3) is 0.700. The van der Waals surface area contributed by atoms with Crippen LogP contribution >= 0.6 is 0 Å². The number of aromatic nitrogens is 2. The van der Waals surface area contributed by atoms with Gasteiger partial charge in [-0.25, -0.2) is 0 Å². The molecule has 1 aromatic heterocycles. The Bertz CT molecular complexity index is 273. The van der Waals surface area contributed by atoms with Crippen LogP contribution in [0.3, 0.4) is 0 Å². The molecule has 1 aliphatic heterocycles. The van der Waals surface area contributed by atoms with Crippen LogP contribution < -0.4 is 10.2 Å². The average molecular weight is 194 g/mol. The molecule has 0 saturated carbocycles. The second-order valence-electron chi connectivity index (χ2n) is 3.82. The van der Waals surface area contributed by atoms with Crippen LogP contribution in [0.2, 0.25) is 0 Å². The van der Waals surface area contributed by atoms with Crippen molar-refractivity contribution in [3.8, 4) is 0 Å². The molecule has 14 heavy (non-hydrogen) atoms. The standard InChI is InChI=1S/C10H18N4/c1-13-9-10(8-12-13)14-6-2-4-11-5-3-7-14/h8-9,11H,2-7H2,1H3. The lowest BCUT2D eigenvalue weighted by molar-refractivity contribution is 0.567. The smallest absolute Gasteiger partial charge is 0.0752 e. The van der Waals surface area contributed by atoms with Gasteiger partial charge in [0.15, 0.2) is 0 Å². The molecule has 78 valence electrons. The Morgan fingerprint density at radius 1 is 1.29 bits per heavy atom. The molecule has 1 N–H and O–H groups in total. The number of nitrogens with zero attached hydrogens (tertiary/aromatic N) is 3. The van der Waals surface area contributed by atoms with Crippen molar-refractivity contribution in [2.24, 2.45) is 7.05 Å². The van der Waals surface area contributed by atoms with Crippen molar-refractivity contribution in [3.05, 3.63) is 12.4 Å². The first-order valence-electron chi connectivity index (χ1n) is 5.30. The molecule has 1 aromatic rings. The summed E-state index contributed by atoms with van der Waals surface area (Å²) in [5.74, 6) is 0. The van der Waals surface area contributed by atoms with Crippen LogP contribution in [0, 0.1) is 0 Å². The Labute approximate surface area is 84.9 Å². The molecular formula is C10H18N4. The van der Waals surface area contributed by atoms with Crippen molar-refractivity contribution in [2.45, 2.75) is 12.8 Å². The average Bonchev–Trinajstić information content (AvgIpc) is 2.51. The lowest BCUT2D eigenvalue weighted by Crippen LogP contribution is -2.33. The third-order valence-electron chi connectivity index (χ3n) is 2.62. The van der Waals surface area contributed by atoms with Gasteiger partial charge in [-0.15, -0.1) is 0 Å². The van der Waals surface area contributed by atoms with E-state index in [0.717, 1.165) is 26.2 Å². The van der Waals surface area contributed by atoms with Gasteiger partial charge in [-0.2, -0.15) is 5.10 Å². The Balaban J connectivity index is 2.00. The number of hydrogen-bond donors (Lipinski definition) is 1. The highest BCUT2D eigenvalue weighted by molar-refractivity contribution is 5.42. The van der Waals surface area contributed by atoms with Gasteiger partial charge >= 0.3 is 0 Å². The maximum atomic E-state index is 4.21. The third kappa shape index (κ3) is 2.26. The molecule has 4 nitrogen and oxygen atoms in total. The summed E-state index contributed by atoms with van der Waals surface area (Å²) in [5.41, 5.74) is 1.26. The summed E-state index contributed by atoms with van der Waals surface area (Å²) >= 11 is 0. The Hall–Kier alpha value is -1.03. The molecule has 2 heterocycles. The summed E-state index contributed by atoms with van der Waals surface area (Å²) in [6.07, 6.45) is 6.48. The van der Waals surface area contributed by atoms with Crippen molar-refractivity contribution >= 4 is 5.69 Å². The van der Waals surface area contributed by atoms with Crippen LogP contribution in [-0.2, 0) is 7.05 Å². The van der Waals surface area contributed by atoms with Gasteiger partial charge in [0.25, 0.3) is 0 Å². The zero-order valence-electron chi connectivity index (χ0n) is 8.74. The number of rotatable bonds is 1. The first-order chi connectivity index (χ1) is 6.86. The van der Waals surface area contributed by atoms with Gasteiger partial charge in [-0.05, 0) is 25.9 Å². The van der Waals surface area contributed by atoms with Crippen LogP contribution in [0.1, 0.15) is 12.8 Å². The van der Waals surface area contributed by atoms with Crippen LogP contribution in [0.5, 0.6) is 0 Å². The number of hydrogen-bond acceptors (Lipinski definition) is 3. The predicted octanol–water partition coefficient (Wildman–Crippen LogP) is 0.610. The fourth-order valence-corrected chi connectivity index (χ4v) is 1.86. The molecule has 0 spiro atoms. The second kappa shape index (κ2) is 4.46. The molecular weight excluding hydrogens is 176 g/mol. The van der Waals surface area contributed by atoms with E-state index in [2.05, 4.69) is 21.5 Å². The second-order valence-corrected chi connectivity index (χ2v) is 3.82. The summed E-state index contributed by atoms with van der Waals surface area (Å²) in [7, 11) is 1.97. The lowest BCUT2D eigenvalue weighted by atomic mass is 10.2. The summed E-state index contributed by atoms with van der Waals surface area (Å²) in [6, 6.07) is 0. The number of nitrogens with one attached hydrogen (secondary N) is 1. The van der Waals surface area contributed by atoms with E-state index >= 15 is 0 Å². The van der Waals surface area contributed by atoms with Crippen LogP contribution in [0.4, 0.5) is 5.69 Å². The monoisotopic (exact) mass is 194 g/mol. The summed E-state index contributed by atoms with van der Waals surface area (Å²) in [6.45, 7) is 4.55. The molecule has 0 unspecified atom stereocenters. The van der Waals surface area contributed by atoms with Gasteiger partial charge in [-0.3, -0.25) is 4.68 Å². The van der Waals surface area contributed by atoms with Gasteiger partial charge in [0.05, 0.1) is 11.9 Å². The lowest BCUT2D eigenvalue weighted by Gasteiger charge is -2.25.